The first kappa shape index (κ1) is 23.1. The van der Waals surface area contributed by atoms with E-state index >= 15 is 0 Å². The van der Waals surface area contributed by atoms with Crippen molar-refractivity contribution in [3.8, 4) is 0 Å². The predicted octanol–water partition coefficient (Wildman–Crippen LogP) is 6.93. The molecule has 1 aromatic carbocycles. The van der Waals surface area contributed by atoms with E-state index in [1.54, 1.807) is 11.1 Å². The Balaban J connectivity index is 0.00000274. The number of nitrogens with one attached hydrogen (secondary N) is 1. The molecule has 1 atom stereocenters. The molecule has 3 aliphatic carbocycles. The van der Waals surface area contributed by atoms with Gasteiger partial charge in [-0.25, -0.2) is 0 Å². The Bertz CT molecular complexity index is 906. The Morgan fingerprint density at radius 2 is 1.82 bits per heavy atom. The van der Waals surface area contributed by atoms with Crippen molar-refractivity contribution in [2.45, 2.75) is 103 Å². The zero-order valence-electron chi connectivity index (χ0n) is 21.2. The monoisotopic (exact) mass is 450 g/mol. The third-order valence-electron chi connectivity index (χ3n) is 9.72. The summed E-state index contributed by atoms with van der Waals surface area (Å²) in [6.07, 6.45) is 13.4. The van der Waals surface area contributed by atoms with Gasteiger partial charge < -0.3 is 10.2 Å². The number of carbonyl (C=O) groups is 1. The third-order valence-corrected chi connectivity index (χ3v) is 9.72. The lowest BCUT2D eigenvalue weighted by atomic mass is 9.71. The van der Waals surface area contributed by atoms with Gasteiger partial charge in [-0.2, -0.15) is 0 Å². The standard InChI is InChI=1S/C30H44N2O.H2/c1-22-9-8-15-29(2,3)25(22)14-18-32-19-16-30(17-20-32)21-27(24-12-6-7-13-26(24)30)31-28(33)23-10-4-5-11-23;/h6-7,12-13,23,27H,4-5,8-11,14-21H2,1-3H3,(H,31,33);1H/t27-;/m0./s1. The number of hydrogen-bond acceptors (Lipinski definition) is 2. The summed E-state index contributed by atoms with van der Waals surface area (Å²) in [4.78, 5) is 15.6. The summed E-state index contributed by atoms with van der Waals surface area (Å²) in [6, 6.07) is 9.19. The molecule has 5 rings (SSSR count). The fraction of sp³-hybridized carbons (Fsp3) is 0.700. The fourth-order valence-electron chi connectivity index (χ4n) is 7.68. The largest absolute Gasteiger partial charge is 0.349 e. The van der Waals surface area contributed by atoms with Gasteiger partial charge in [-0.3, -0.25) is 4.79 Å². The van der Waals surface area contributed by atoms with Crippen LogP contribution >= 0.6 is 0 Å². The van der Waals surface area contributed by atoms with Crippen LogP contribution in [0.5, 0.6) is 0 Å². The number of fused-ring (bicyclic) bond motifs is 2. The Morgan fingerprint density at radius 1 is 1.09 bits per heavy atom. The quantitative estimate of drug-likeness (QED) is 0.493. The molecule has 1 heterocycles. The molecule has 1 saturated carbocycles. The normalized spacial score (nSPS) is 27.2. The highest BCUT2D eigenvalue weighted by atomic mass is 16.1. The third kappa shape index (κ3) is 4.55. The highest BCUT2D eigenvalue weighted by Gasteiger charge is 2.46. The van der Waals surface area contributed by atoms with Crippen molar-refractivity contribution >= 4 is 5.91 Å². The number of amides is 1. The van der Waals surface area contributed by atoms with Crippen LogP contribution in [-0.4, -0.2) is 30.4 Å². The average molecular weight is 451 g/mol. The lowest BCUT2D eigenvalue weighted by molar-refractivity contribution is -0.125. The topological polar surface area (TPSA) is 32.3 Å². The van der Waals surface area contributed by atoms with Crippen molar-refractivity contribution < 1.29 is 6.22 Å². The van der Waals surface area contributed by atoms with Crippen LogP contribution in [0.2, 0.25) is 0 Å². The van der Waals surface area contributed by atoms with Crippen LogP contribution in [0.1, 0.15) is 110 Å². The van der Waals surface area contributed by atoms with E-state index < -0.39 is 0 Å². The maximum Gasteiger partial charge on any atom is 0.223 e. The van der Waals surface area contributed by atoms with Gasteiger partial charge in [-0.1, -0.05) is 62.1 Å². The van der Waals surface area contributed by atoms with Crippen LogP contribution in [0.3, 0.4) is 0 Å². The van der Waals surface area contributed by atoms with Crippen molar-refractivity contribution in [1.82, 2.24) is 10.2 Å². The lowest BCUT2D eigenvalue weighted by Crippen LogP contribution is -2.43. The molecule has 0 radical (unpaired) electrons. The molecule has 1 aromatic rings. The first-order valence-corrected chi connectivity index (χ1v) is 13.7. The van der Waals surface area contributed by atoms with Crippen molar-refractivity contribution in [2.24, 2.45) is 11.3 Å². The van der Waals surface area contributed by atoms with Crippen LogP contribution in [0, 0.1) is 11.3 Å². The minimum atomic E-state index is 0. The fourth-order valence-corrected chi connectivity index (χ4v) is 7.68. The minimum absolute atomic E-state index is 0. The molecule has 3 nitrogen and oxygen atoms in total. The molecule has 2 fully saturated rings. The van der Waals surface area contributed by atoms with Gasteiger partial charge in [0.15, 0.2) is 0 Å². The second-order valence-electron chi connectivity index (χ2n) is 12.2. The van der Waals surface area contributed by atoms with Gasteiger partial charge in [0.2, 0.25) is 5.91 Å². The van der Waals surface area contributed by atoms with E-state index in [0.717, 1.165) is 19.3 Å². The molecule has 1 spiro atoms. The van der Waals surface area contributed by atoms with Gasteiger partial charge in [-0.05, 0) is 94.3 Å². The van der Waals surface area contributed by atoms with Crippen molar-refractivity contribution in [2.75, 3.05) is 19.6 Å². The number of allylic oxidation sites excluding steroid dienone is 1. The molecule has 33 heavy (non-hydrogen) atoms. The summed E-state index contributed by atoms with van der Waals surface area (Å²) >= 11 is 0. The van der Waals surface area contributed by atoms with Crippen LogP contribution < -0.4 is 5.32 Å². The van der Waals surface area contributed by atoms with Crippen LogP contribution in [0.15, 0.2) is 35.4 Å². The van der Waals surface area contributed by atoms with Crippen LogP contribution in [-0.2, 0) is 10.2 Å². The van der Waals surface area contributed by atoms with Gasteiger partial charge in [0, 0.05) is 19.3 Å². The average Bonchev–Trinajstić information content (AvgIpc) is 3.43. The summed E-state index contributed by atoms with van der Waals surface area (Å²) in [5.74, 6) is 0.554. The van der Waals surface area contributed by atoms with Gasteiger partial charge in [0.25, 0.3) is 0 Å². The SMILES string of the molecule is CC1=C(CCN2CCC3(CC2)C[C@H](NC(=O)C2CCCC2)c2ccccc23)C(C)(C)CCC1.[HH]. The van der Waals surface area contributed by atoms with E-state index in [1.165, 1.54) is 82.1 Å². The van der Waals surface area contributed by atoms with Gasteiger partial charge in [0.1, 0.15) is 0 Å². The Hall–Kier alpha value is -1.61. The van der Waals surface area contributed by atoms with Crippen molar-refractivity contribution in [3.63, 3.8) is 0 Å². The van der Waals surface area contributed by atoms with Gasteiger partial charge in [0.05, 0.1) is 6.04 Å². The van der Waals surface area contributed by atoms with E-state index in [2.05, 4.69) is 55.3 Å². The summed E-state index contributed by atoms with van der Waals surface area (Å²) in [6.45, 7) is 10.8. The molecule has 4 aliphatic rings. The van der Waals surface area contributed by atoms with Crippen LogP contribution in [0.25, 0.3) is 0 Å². The predicted molar refractivity (Wildman–Crippen MR) is 138 cm³/mol. The number of piperidine rings is 1. The summed E-state index contributed by atoms with van der Waals surface area (Å²) in [7, 11) is 0. The van der Waals surface area contributed by atoms with E-state index in [0.29, 0.717) is 11.3 Å². The zero-order valence-corrected chi connectivity index (χ0v) is 21.2. The lowest BCUT2D eigenvalue weighted by Gasteiger charge is -2.41. The molecule has 1 aliphatic heterocycles. The van der Waals surface area contributed by atoms with E-state index in [-0.39, 0.29) is 18.8 Å². The Morgan fingerprint density at radius 3 is 2.55 bits per heavy atom. The molecule has 182 valence electrons. The van der Waals surface area contributed by atoms with Gasteiger partial charge >= 0.3 is 0 Å². The number of benzene rings is 1. The molecule has 1 saturated heterocycles. The number of nitrogens with zero attached hydrogens (tertiary/aromatic N) is 1. The second kappa shape index (κ2) is 9.21. The molecular formula is C30H46N2O. The Kier molecular flexibility index (Phi) is 6.46. The number of hydrogen-bond donors (Lipinski definition) is 1. The second-order valence-corrected chi connectivity index (χ2v) is 12.2. The van der Waals surface area contributed by atoms with Crippen molar-refractivity contribution in [3.05, 3.63) is 46.5 Å². The van der Waals surface area contributed by atoms with Crippen LogP contribution in [0.4, 0.5) is 0 Å². The summed E-state index contributed by atoms with van der Waals surface area (Å²) in [5.41, 5.74) is 6.93. The molecule has 1 N–H and O–H groups in total. The van der Waals surface area contributed by atoms with E-state index in [4.69, 9.17) is 0 Å². The molecule has 1 amide bonds. The summed E-state index contributed by atoms with van der Waals surface area (Å²) < 4.78 is 0. The first-order valence-electron chi connectivity index (χ1n) is 13.7. The van der Waals surface area contributed by atoms with Gasteiger partial charge in [-0.15, -0.1) is 0 Å². The highest BCUT2D eigenvalue weighted by Crippen LogP contribution is 2.51. The molecule has 3 heteroatoms. The smallest absolute Gasteiger partial charge is 0.223 e. The first-order chi connectivity index (χ1) is 15.9. The number of rotatable bonds is 5. The summed E-state index contributed by atoms with van der Waals surface area (Å²) in [5, 5.41) is 3.48. The van der Waals surface area contributed by atoms with E-state index in [1.807, 2.05) is 0 Å². The maximum absolute atomic E-state index is 12.9. The van der Waals surface area contributed by atoms with E-state index in [9.17, 15) is 4.79 Å². The Labute approximate surface area is 202 Å². The minimum Gasteiger partial charge on any atom is -0.349 e. The highest BCUT2D eigenvalue weighted by molar-refractivity contribution is 5.79. The number of likely N-dealkylation sites (tertiary alicyclic amines) is 1. The molecular weight excluding hydrogens is 404 g/mol. The molecule has 0 unspecified atom stereocenters. The molecule has 0 aromatic heterocycles. The van der Waals surface area contributed by atoms with Crippen molar-refractivity contribution in [1.29, 1.82) is 0 Å². The zero-order chi connectivity index (χ0) is 23.1. The molecule has 0 bridgehead atoms. The maximum atomic E-state index is 12.9. The number of carbonyl (C=O) groups excluding carboxylic acids is 1.